The monoisotopic (exact) mass is 454 g/mol. The molecule has 0 atom stereocenters. The molecule has 0 saturated carbocycles. The minimum atomic E-state index is -4.03. The molecule has 1 aliphatic heterocycles. The van der Waals surface area contributed by atoms with Crippen molar-refractivity contribution in [2.24, 2.45) is 5.14 Å². The highest BCUT2D eigenvalue weighted by atomic mass is 32.2. The first-order valence-electron chi connectivity index (χ1n) is 9.94. The lowest BCUT2D eigenvalue weighted by molar-refractivity contribution is -0.384. The van der Waals surface area contributed by atoms with Gasteiger partial charge in [0.2, 0.25) is 10.0 Å². The van der Waals surface area contributed by atoms with Gasteiger partial charge in [-0.2, -0.15) is 0 Å². The number of hydrogen-bond acceptors (Lipinski definition) is 8. The SMILES string of the molecule is Cc1nc(-c2ccccc2)cc(N2CCN(c3ccc(S(N)(=O)=O)cc3[N+](=O)[O-])CC2)n1. The van der Waals surface area contributed by atoms with Crippen molar-refractivity contribution in [1.82, 2.24) is 9.97 Å². The summed E-state index contributed by atoms with van der Waals surface area (Å²) in [4.78, 5) is 23.8. The molecule has 0 amide bonds. The first kappa shape index (κ1) is 21.7. The van der Waals surface area contributed by atoms with Crippen LogP contribution in [0.3, 0.4) is 0 Å². The molecular formula is C21H22N6O4S. The number of anilines is 2. The van der Waals surface area contributed by atoms with Gasteiger partial charge in [-0.1, -0.05) is 30.3 Å². The molecule has 2 heterocycles. The van der Waals surface area contributed by atoms with Crippen LogP contribution in [0, 0.1) is 17.0 Å². The van der Waals surface area contributed by atoms with E-state index in [2.05, 4.69) is 14.9 Å². The van der Waals surface area contributed by atoms with Crippen LogP contribution in [0.2, 0.25) is 0 Å². The topological polar surface area (TPSA) is 136 Å². The molecule has 4 rings (SSSR count). The quantitative estimate of drug-likeness (QED) is 0.458. The van der Waals surface area contributed by atoms with E-state index in [4.69, 9.17) is 5.14 Å². The van der Waals surface area contributed by atoms with Crippen molar-refractivity contribution in [2.45, 2.75) is 11.8 Å². The fourth-order valence-electron chi connectivity index (χ4n) is 3.74. The lowest BCUT2D eigenvalue weighted by Crippen LogP contribution is -2.47. The van der Waals surface area contributed by atoms with Crippen LogP contribution in [-0.4, -0.2) is 49.5 Å². The van der Waals surface area contributed by atoms with Gasteiger partial charge >= 0.3 is 0 Å². The number of primary sulfonamides is 1. The first-order chi connectivity index (χ1) is 15.2. The largest absolute Gasteiger partial charge is 0.362 e. The Morgan fingerprint density at radius 2 is 1.62 bits per heavy atom. The van der Waals surface area contributed by atoms with Gasteiger partial charge in [0, 0.05) is 43.9 Å². The summed E-state index contributed by atoms with van der Waals surface area (Å²) in [6.07, 6.45) is 0. The zero-order valence-corrected chi connectivity index (χ0v) is 18.2. The molecule has 2 aromatic carbocycles. The maximum absolute atomic E-state index is 11.6. The van der Waals surface area contributed by atoms with E-state index in [-0.39, 0.29) is 10.6 Å². The fourth-order valence-corrected chi connectivity index (χ4v) is 4.27. The molecule has 0 spiro atoms. The Kier molecular flexibility index (Phi) is 5.76. The number of rotatable bonds is 5. The maximum Gasteiger partial charge on any atom is 0.293 e. The molecule has 1 saturated heterocycles. The number of hydrogen-bond donors (Lipinski definition) is 1. The van der Waals surface area contributed by atoms with Crippen LogP contribution in [0.4, 0.5) is 17.2 Å². The third-order valence-electron chi connectivity index (χ3n) is 5.31. The summed E-state index contributed by atoms with van der Waals surface area (Å²) in [7, 11) is -4.03. The van der Waals surface area contributed by atoms with Crippen molar-refractivity contribution in [3.8, 4) is 11.3 Å². The zero-order valence-electron chi connectivity index (χ0n) is 17.4. The molecule has 0 radical (unpaired) electrons. The van der Waals surface area contributed by atoms with Crippen LogP contribution in [-0.2, 0) is 10.0 Å². The number of nitro groups is 1. The minimum Gasteiger partial charge on any atom is -0.362 e. The van der Waals surface area contributed by atoms with E-state index in [9.17, 15) is 18.5 Å². The predicted molar refractivity (Wildman–Crippen MR) is 121 cm³/mol. The summed E-state index contributed by atoms with van der Waals surface area (Å²) >= 11 is 0. The van der Waals surface area contributed by atoms with Crippen molar-refractivity contribution in [3.05, 3.63) is 70.5 Å². The van der Waals surface area contributed by atoms with Crippen molar-refractivity contribution in [1.29, 1.82) is 0 Å². The molecule has 1 aliphatic rings. The number of aryl methyl sites for hydroxylation is 1. The fraction of sp³-hybridized carbons (Fsp3) is 0.238. The number of sulfonamides is 1. The van der Waals surface area contributed by atoms with Gasteiger partial charge in [-0.15, -0.1) is 0 Å². The second-order valence-corrected chi connectivity index (χ2v) is 9.01. The Morgan fingerprint density at radius 3 is 2.25 bits per heavy atom. The third-order valence-corrected chi connectivity index (χ3v) is 6.22. The molecule has 11 heteroatoms. The van der Waals surface area contributed by atoms with Crippen molar-refractivity contribution >= 4 is 27.2 Å². The lowest BCUT2D eigenvalue weighted by Gasteiger charge is -2.36. The van der Waals surface area contributed by atoms with E-state index in [0.29, 0.717) is 37.7 Å². The minimum absolute atomic E-state index is 0.281. The highest BCUT2D eigenvalue weighted by Gasteiger charge is 2.26. The van der Waals surface area contributed by atoms with Gasteiger partial charge in [0.1, 0.15) is 17.3 Å². The van der Waals surface area contributed by atoms with Crippen molar-refractivity contribution in [2.75, 3.05) is 36.0 Å². The van der Waals surface area contributed by atoms with Gasteiger partial charge in [0.25, 0.3) is 5.69 Å². The summed E-state index contributed by atoms with van der Waals surface area (Å²) < 4.78 is 23.2. The predicted octanol–water partition coefficient (Wildman–Crippen LogP) is 2.33. The molecule has 166 valence electrons. The highest BCUT2D eigenvalue weighted by molar-refractivity contribution is 7.89. The molecule has 10 nitrogen and oxygen atoms in total. The Hall–Kier alpha value is -3.57. The lowest BCUT2D eigenvalue weighted by atomic mass is 10.1. The normalized spacial score (nSPS) is 14.4. The Labute approximate surface area is 185 Å². The second kappa shape index (κ2) is 8.52. The van der Waals surface area contributed by atoms with Gasteiger partial charge in [0.15, 0.2) is 0 Å². The van der Waals surface area contributed by atoms with Gasteiger partial charge in [-0.05, 0) is 19.1 Å². The standard InChI is InChI=1S/C21H22N6O4S/c1-15-23-18(16-5-3-2-4-6-16)14-21(24-15)26-11-9-25(10-12-26)19-8-7-17(32(22,30)31)13-20(19)27(28)29/h2-8,13-14H,9-12H2,1H3,(H2,22,30,31). The molecular weight excluding hydrogens is 432 g/mol. The van der Waals surface area contributed by atoms with E-state index in [1.165, 1.54) is 12.1 Å². The van der Waals surface area contributed by atoms with E-state index in [1.807, 2.05) is 48.2 Å². The summed E-state index contributed by atoms with van der Waals surface area (Å²) in [5, 5.41) is 16.7. The van der Waals surface area contributed by atoms with Crippen LogP contribution >= 0.6 is 0 Å². The third kappa shape index (κ3) is 4.53. The zero-order chi connectivity index (χ0) is 22.9. The maximum atomic E-state index is 11.6. The van der Waals surface area contributed by atoms with Crippen LogP contribution < -0.4 is 14.9 Å². The first-order valence-corrected chi connectivity index (χ1v) is 11.5. The molecule has 3 aromatic rings. The Balaban J connectivity index is 1.55. The summed E-state index contributed by atoms with van der Waals surface area (Å²) in [6, 6.07) is 15.5. The second-order valence-electron chi connectivity index (χ2n) is 7.45. The highest BCUT2D eigenvalue weighted by Crippen LogP contribution is 2.32. The molecule has 1 fully saturated rings. The number of nitrogens with zero attached hydrogens (tertiary/aromatic N) is 5. The number of aromatic nitrogens is 2. The van der Waals surface area contributed by atoms with Crippen LogP contribution in [0.15, 0.2) is 59.5 Å². The average molecular weight is 455 g/mol. The molecule has 0 unspecified atom stereocenters. The van der Waals surface area contributed by atoms with E-state index in [1.54, 1.807) is 0 Å². The Morgan fingerprint density at radius 1 is 0.969 bits per heavy atom. The van der Waals surface area contributed by atoms with Crippen LogP contribution in [0.5, 0.6) is 0 Å². The number of benzene rings is 2. The molecule has 1 aromatic heterocycles. The Bertz CT molecular complexity index is 1260. The molecule has 0 bridgehead atoms. The number of piperazine rings is 1. The number of nitro benzene ring substituents is 1. The molecule has 32 heavy (non-hydrogen) atoms. The van der Waals surface area contributed by atoms with Gasteiger partial charge in [-0.25, -0.2) is 23.5 Å². The van der Waals surface area contributed by atoms with E-state index >= 15 is 0 Å². The van der Waals surface area contributed by atoms with Crippen LogP contribution in [0.25, 0.3) is 11.3 Å². The van der Waals surface area contributed by atoms with E-state index in [0.717, 1.165) is 23.1 Å². The van der Waals surface area contributed by atoms with Crippen molar-refractivity contribution in [3.63, 3.8) is 0 Å². The average Bonchev–Trinajstić information content (AvgIpc) is 2.78. The summed E-state index contributed by atoms with van der Waals surface area (Å²) in [6.45, 7) is 4.07. The molecule has 2 N–H and O–H groups in total. The van der Waals surface area contributed by atoms with Gasteiger partial charge in [0.05, 0.1) is 15.5 Å². The van der Waals surface area contributed by atoms with Crippen molar-refractivity contribution < 1.29 is 13.3 Å². The van der Waals surface area contributed by atoms with Gasteiger partial charge in [-0.3, -0.25) is 10.1 Å². The number of nitrogens with two attached hydrogens (primary N) is 1. The van der Waals surface area contributed by atoms with Crippen LogP contribution in [0.1, 0.15) is 5.82 Å². The summed E-state index contributed by atoms with van der Waals surface area (Å²) in [5.41, 5.74) is 1.92. The van der Waals surface area contributed by atoms with E-state index < -0.39 is 14.9 Å². The molecule has 0 aliphatic carbocycles. The van der Waals surface area contributed by atoms with Gasteiger partial charge < -0.3 is 9.80 Å². The smallest absolute Gasteiger partial charge is 0.293 e. The summed E-state index contributed by atoms with van der Waals surface area (Å²) in [5.74, 6) is 1.47.